The van der Waals surface area contributed by atoms with Crippen molar-refractivity contribution >= 4 is 11.6 Å². The predicted molar refractivity (Wildman–Crippen MR) is 62.9 cm³/mol. The minimum atomic E-state index is -0.192. The van der Waals surface area contributed by atoms with Crippen LogP contribution in [0, 0.1) is 25.7 Å². The zero-order chi connectivity index (χ0) is 12.0. The van der Waals surface area contributed by atoms with Crippen molar-refractivity contribution < 1.29 is 9.59 Å². The van der Waals surface area contributed by atoms with Gasteiger partial charge in [0.25, 0.3) is 0 Å². The normalized spacial score (nSPS) is 24.5. The molecule has 0 N–H and O–H groups in total. The van der Waals surface area contributed by atoms with E-state index in [0.717, 1.165) is 11.1 Å². The quantitative estimate of drug-likeness (QED) is 0.668. The van der Waals surface area contributed by atoms with Gasteiger partial charge in [0.15, 0.2) is 11.6 Å². The molecular weight excluding hydrogens is 200 g/mol. The largest absolute Gasteiger partial charge is 0.294 e. The fraction of sp³-hybridized carbons (Fsp3) is 0.429. The number of Topliss-reactive ketones (excluding diaryl/α,β-unsaturated/α-hetero) is 2. The number of fused-ring (bicyclic) bond motifs is 1. The topological polar surface area (TPSA) is 34.1 Å². The molecule has 2 rings (SSSR count). The van der Waals surface area contributed by atoms with E-state index in [4.69, 9.17) is 0 Å². The van der Waals surface area contributed by atoms with Crippen LogP contribution in [0.4, 0.5) is 0 Å². The Hall–Kier alpha value is -1.44. The standard InChI is InChI=1S/C14H16O2/c1-7-5-11-12(6-8(7)2)14(16)10(4)9(3)13(11)15/h5-6,9-10H,1-4H3/t9-,10+. The average Bonchev–Trinajstić information content (AvgIpc) is 2.26. The van der Waals surface area contributed by atoms with Crippen LogP contribution in [0.3, 0.4) is 0 Å². The molecule has 0 aromatic heterocycles. The van der Waals surface area contributed by atoms with Gasteiger partial charge in [0, 0.05) is 23.0 Å². The Morgan fingerprint density at radius 1 is 0.812 bits per heavy atom. The molecule has 2 nitrogen and oxygen atoms in total. The van der Waals surface area contributed by atoms with E-state index in [9.17, 15) is 9.59 Å². The van der Waals surface area contributed by atoms with Crippen molar-refractivity contribution in [3.63, 3.8) is 0 Å². The smallest absolute Gasteiger partial charge is 0.167 e. The number of hydrogen-bond acceptors (Lipinski definition) is 2. The number of ketones is 2. The van der Waals surface area contributed by atoms with Gasteiger partial charge in [-0.15, -0.1) is 0 Å². The van der Waals surface area contributed by atoms with E-state index >= 15 is 0 Å². The molecule has 0 amide bonds. The van der Waals surface area contributed by atoms with E-state index in [1.807, 2.05) is 39.8 Å². The Morgan fingerprint density at radius 2 is 1.12 bits per heavy atom. The third-order valence-corrected chi connectivity index (χ3v) is 3.74. The summed E-state index contributed by atoms with van der Waals surface area (Å²) in [6, 6.07) is 3.71. The molecule has 0 saturated heterocycles. The van der Waals surface area contributed by atoms with Crippen molar-refractivity contribution in [3.8, 4) is 0 Å². The summed E-state index contributed by atoms with van der Waals surface area (Å²) in [7, 11) is 0. The summed E-state index contributed by atoms with van der Waals surface area (Å²) >= 11 is 0. The van der Waals surface area contributed by atoms with Crippen molar-refractivity contribution in [2.45, 2.75) is 27.7 Å². The summed E-state index contributed by atoms with van der Waals surface area (Å²) in [6.45, 7) is 7.61. The van der Waals surface area contributed by atoms with Gasteiger partial charge in [-0.2, -0.15) is 0 Å². The number of carbonyl (C=O) groups excluding carboxylic acids is 2. The zero-order valence-electron chi connectivity index (χ0n) is 10.1. The molecule has 84 valence electrons. The lowest BCUT2D eigenvalue weighted by Gasteiger charge is -2.26. The SMILES string of the molecule is Cc1cc2c(cc1C)C(=O)[C@H](C)[C@H](C)C2=O. The summed E-state index contributed by atoms with van der Waals surface area (Å²) in [5.74, 6) is -0.181. The molecule has 0 spiro atoms. The molecule has 16 heavy (non-hydrogen) atoms. The summed E-state index contributed by atoms with van der Waals surface area (Å²) in [6.07, 6.45) is 0. The molecule has 1 aromatic rings. The summed E-state index contributed by atoms with van der Waals surface area (Å²) in [5.41, 5.74) is 3.36. The second-order valence-electron chi connectivity index (χ2n) is 4.79. The van der Waals surface area contributed by atoms with Crippen LogP contribution in [0.1, 0.15) is 45.7 Å². The van der Waals surface area contributed by atoms with Crippen LogP contribution in [0.15, 0.2) is 12.1 Å². The van der Waals surface area contributed by atoms with E-state index in [2.05, 4.69) is 0 Å². The zero-order valence-corrected chi connectivity index (χ0v) is 10.1. The van der Waals surface area contributed by atoms with Crippen molar-refractivity contribution in [2.75, 3.05) is 0 Å². The van der Waals surface area contributed by atoms with Gasteiger partial charge in [0.1, 0.15) is 0 Å². The van der Waals surface area contributed by atoms with Crippen LogP contribution in [0.2, 0.25) is 0 Å². The van der Waals surface area contributed by atoms with Crippen molar-refractivity contribution in [1.29, 1.82) is 0 Å². The third kappa shape index (κ3) is 1.41. The first kappa shape index (κ1) is 11.1. The highest BCUT2D eigenvalue weighted by Gasteiger charge is 2.35. The molecule has 0 fully saturated rings. The van der Waals surface area contributed by atoms with Gasteiger partial charge in [-0.05, 0) is 37.1 Å². The summed E-state index contributed by atoms with van der Waals surface area (Å²) in [4.78, 5) is 24.2. The van der Waals surface area contributed by atoms with Gasteiger partial charge in [0.05, 0.1) is 0 Å². The molecule has 0 aliphatic heterocycles. The maximum atomic E-state index is 12.1. The maximum absolute atomic E-state index is 12.1. The average molecular weight is 216 g/mol. The van der Waals surface area contributed by atoms with Crippen LogP contribution < -0.4 is 0 Å². The van der Waals surface area contributed by atoms with Crippen LogP contribution >= 0.6 is 0 Å². The molecule has 1 aromatic carbocycles. The summed E-state index contributed by atoms with van der Waals surface area (Å²) < 4.78 is 0. The Kier molecular flexibility index (Phi) is 2.45. The lowest BCUT2D eigenvalue weighted by atomic mass is 9.75. The Morgan fingerprint density at radius 3 is 1.44 bits per heavy atom. The second kappa shape index (κ2) is 3.55. The highest BCUT2D eigenvalue weighted by molar-refractivity contribution is 6.15. The minimum Gasteiger partial charge on any atom is -0.294 e. The summed E-state index contributed by atoms with van der Waals surface area (Å²) in [5, 5.41) is 0. The highest BCUT2D eigenvalue weighted by Crippen LogP contribution is 2.31. The second-order valence-corrected chi connectivity index (χ2v) is 4.79. The number of hydrogen-bond donors (Lipinski definition) is 0. The Balaban J connectivity index is 2.69. The lowest BCUT2D eigenvalue weighted by molar-refractivity contribution is 0.0763. The van der Waals surface area contributed by atoms with Crippen LogP contribution in [-0.4, -0.2) is 11.6 Å². The Bertz CT molecular complexity index is 441. The van der Waals surface area contributed by atoms with Gasteiger partial charge >= 0.3 is 0 Å². The van der Waals surface area contributed by atoms with Gasteiger partial charge in [-0.25, -0.2) is 0 Å². The molecule has 2 atom stereocenters. The van der Waals surface area contributed by atoms with Gasteiger partial charge in [0.2, 0.25) is 0 Å². The molecule has 1 aliphatic rings. The van der Waals surface area contributed by atoms with Gasteiger partial charge in [-0.3, -0.25) is 9.59 Å². The van der Waals surface area contributed by atoms with E-state index < -0.39 is 0 Å². The van der Waals surface area contributed by atoms with E-state index in [-0.39, 0.29) is 23.4 Å². The number of aryl methyl sites for hydroxylation is 2. The lowest BCUT2D eigenvalue weighted by Crippen LogP contribution is -2.33. The first-order valence-electron chi connectivity index (χ1n) is 5.63. The molecular formula is C14H16O2. The van der Waals surface area contributed by atoms with Crippen LogP contribution in [0.5, 0.6) is 0 Å². The number of benzene rings is 1. The predicted octanol–water partition coefficient (Wildman–Crippen LogP) is 2.95. The molecule has 0 heterocycles. The van der Waals surface area contributed by atoms with Crippen molar-refractivity contribution in [1.82, 2.24) is 0 Å². The molecule has 0 saturated carbocycles. The molecule has 0 unspecified atom stereocenters. The number of rotatable bonds is 0. The first-order valence-corrected chi connectivity index (χ1v) is 5.63. The maximum Gasteiger partial charge on any atom is 0.167 e. The van der Waals surface area contributed by atoms with E-state index in [1.54, 1.807) is 0 Å². The van der Waals surface area contributed by atoms with E-state index in [0.29, 0.717) is 11.1 Å². The van der Waals surface area contributed by atoms with Crippen LogP contribution in [0.25, 0.3) is 0 Å². The monoisotopic (exact) mass is 216 g/mol. The fourth-order valence-corrected chi connectivity index (χ4v) is 2.17. The van der Waals surface area contributed by atoms with E-state index in [1.165, 1.54) is 0 Å². The Labute approximate surface area is 95.7 Å². The minimum absolute atomic E-state index is 0.102. The van der Waals surface area contributed by atoms with Crippen LogP contribution in [-0.2, 0) is 0 Å². The van der Waals surface area contributed by atoms with Gasteiger partial charge in [-0.1, -0.05) is 13.8 Å². The fourth-order valence-electron chi connectivity index (χ4n) is 2.17. The molecule has 2 heteroatoms. The molecule has 0 radical (unpaired) electrons. The number of carbonyl (C=O) groups is 2. The molecule has 1 aliphatic carbocycles. The van der Waals surface area contributed by atoms with Crippen molar-refractivity contribution in [2.24, 2.45) is 11.8 Å². The van der Waals surface area contributed by atoms with Gasteiger partial charge < -0.3 is 0 Å². The third-order valence-electron chi connectivity index (χ3n) is 3.74. The molecule has 0 bridgehead atoms. The van der Waals surface area contributed by atoms with Crippen molar-refractivity contribution in [3.05, 3.63) is 34.4 Å². The highest BCUT2D eigenvalue weighted by atomic mass is 16.1. The first-order chi connectivity index (χ1) is 7.43.